The predicted molar refractivity (Wildman–Crippen MR) is 91.3 cm³/mol. The number of hydrogen-bond donors (Lipinski definition) is 1. The van der Waals surface area contributed by atoms with Gasteiger partial charge in [-0.15, -0.1) is 0 Å². The minimum atomic E-state index is -0.859. The Morgan fingerprint density at radius 2 is 1.50 bits per heavy atom. The van der Waals surface area contributed by atoms with Gasteiger partial charge in [0.15, 0.2) is 0 Å². The Balaban J connectivity index is 2.23. The Labute approximate surface area is 144 Å². The van der Waals surface area contributed by atoms with Gasteiger partial charge in [0.25, 0.3) is 0 Å². The van der Waals surface area contributed by atoms with E-state index in [1.807, 2.05) is 19.1 Å². The van der Waals surface area contributed by atoms with Crippen LogP contribution in [-0.4, -0.2) is 11.1 Å². The monoisotopic (exact) mass is 356 g/mol. The minimum Gasteiger partial charge on any atom is -0.481 e. The molecule has 2 aromatic carbocycles. The summed E-state index contributed by atoms with van der Waals surface area (Å²) < 4.78 is 0. The van der Waals surface area contributed by atoms with Crippen LogP contribution >= 0.6 is 34.8 Å². The van der Waals surface area contributed by atoms with E-state index in [2.05, 4.69) is 0 Å². The Kier molecular flexibility index (Phi) is 5.74. The van der Waals surface area contributed by atoms with E-state index < -0.39 is 11.9 Å². The van der Waals surface area contributed by atoms with Crippen molar-refractivity contribution in [3.05, 3.63) is 68.7 Å². The first-order valence-electron chi connectivity index (χ1n) is 6.81. The van der Waals surface area contributed by atoms with E-state index in [1.165, 1.54) is 0 Å². The SMILES string of the molecule is C[C@H](C[C@H](C(=O)O)c1ccc(Cl)cc1)c1cc(Cl)cc(Cl)c1. The first kappa shape index (κ1) is 17.1. The predicted octanol–water partition coefficient (Wildman–Crippen LogP) is 6.01. The van der Waals surface area contributed by atoms with Crippen molar-refractivity contribution in [2.24, 2.45) is 0 Å². The fraction of sp³-hybridized carbons (Fsp3) is 0.235. The van der Waals surface area contributed by atoms with Crippen molar-refractivity contribution in [1.29, 1.82) is 0 Å². The van der Waals surface area contributed by atoms with Gasteiger partial charge in [0.05, 0.1) is 5.92 Å². The normalized spacial score (nSPS) is 13.6. The number of carboxylic acid groups (broad SMARTS) is 1. The van der Waals surface area contributed by atoms with E-state index in [4.69, 9.17) is 34.8 Å². The summed E-state index contributed by atoms with van der Waals surface area (Å²) in [5.41, 5.74) is 1.66. The average molecular weight is 358 g/mol. The third kappa shape index (κ3) is 4.39. The van der Waals surface area contributed by atoms with Gasteiger partial charge in [-0.25, -0.2) is 0 Å². The Morgan fingerprint density at radius 3 is 2.00 bits per heavy atom. The summed E-state index contributed by atoms with van der Waals surface area (Å²) in [5.74, 6) is -1.46. The lowest BCUT2D eigenvalue weighted by Gasteiger charge is -2.19. The number of carbonyl (C=O) groups is 1. The van der Waals surface area contributed by atoms with E-state index in [9.17, 15) is 9.90 Å². The molecule has 0 fully saturated rings. The number of carboxylic acids is 1. The van der Waals surface area contributed by atoms with Crippen molar-refractivity contribution in [2.75, 3.05) is 0 Å². The third-order valence-corrected chi connectivity index (χ3v) is 4.30. The molecule has 0 aliphatic heterocycles. The Morgan fingerprint density at radius 1 is 0.955 bits per heavy atom. The van der Waals surface area contributed by atoms with Crippen molar-refractivity contribution < 1.29 is 9.90 Å². The second-order valence-corrected chi connectivity index (χ2v) is 6.59. The highest BCUT2D eigenvalue weighted by atomic mass is 35.5. The molecule has 0 bridgehead atoms. The minimum absolute atomic E-state index is 0.00739. The lowest BCUT2D eigenvalue weighted by molar-refractivity contribution is -0.139. The fourth-order valence-corrected chi connectivity index (χ4v) is 3.09. The van der Waals surface area contributed by atoms with E-state index in [1.54, 1.807) is 30.3 Å². The van der Waals surface area contributed by atoms with Crippen LogP contribution in [0, 0.1) is 0 Å². The number of rotatable bonds is 5. The molecule has 1 N–H and O–H groups in total. The number of benzene rings is 2. The first-order valence-corrected chi connectivity index (χ1v) is 7.94. The number of aliphatic carboxylic acids is 1. The largest absolute Gasteiger partial charge is 0.481 e. The molecule has 0 radical (unpaired) electrons. The topological polar surface area (TPSA) is 37.3 Å². The van der Waals surface area contributed by atoms with Crippen molar-refractivity contribution in [1.82, 2.24) is 0 Å². The standard InChI is InChI=1S/C17H15Cl3O2/c1-10(12-7-14(19)9-15(20)8-12)6-16(17(21)22)11-2-4-13(18)5-3-11/h2-5,7-10,16H,6H2,1H3,(H,21,22)/t10-,16+/m1/s1. The van der Waals surface area contributed by atoms with Gasteiger partial charge in [0, 0.05) is 15.1 Å². The summed E-state index contributed by atoms with van der Waals surface area (Å²) in [7, 11) is 0. The highest BCUT2D eigenvalue weighted by Gasteiger charge is 2.23. The summed E-state index contributed by atoms with van der Waals surface area (Å²) in [4.78, 5) is 11.6. The maximum absolute atomic E-state index is 11.6. The zero-order valence-electron chi connectivity index (χ0n) is 11.9. The van der Waals surface area contributed by atoms with Crippen LogP contribution in [0.15, 0.2) is 42.5 Å². The molecule has 2 atom stereocenters. The molecule has 2 rings (SSSR count). The van der Waals surface area contributed by atoms with E-state index in [0.29, 0.717) is 21.5 Å². The smallest absolute Gasteiger partial charge is 0.310 e. The molecule has 22 heavy (non-hydrogen) atoms. The maximum Gasteiger partial charge on any atom is 0.310 e. The molecule has 2 aromatic rings. The highest BCUT2D eigenvalue weighted by Crippen LogP contribution is 2.33. The zero-order chi connectivity index (χ0) is 16.3. The molecule has 0 saturated carbocycles. The van der Waals surface area contributed by atoms with E-state index >= 15 is 0 Å². The molecule has 0 amide bonds. The maximum atomic E-state index is 11.6. The second-order valence-electron chi connectivity index (χ2n) is 5.28. The second kappa shape index (κ2) is 7.36. The lowest BCUT2D eigenvalue weighted by Crippen LogP contribution is -2.14. The van der Waals surface area contributed by atoms with Crippen molar-refractivity contribution in [2.45, 2.75) is 25.2 Å². The van der Waals surface area contributed by atoms with Gasteiger partial charge in [-0.3, -0.25) is 4.79 Å². The summed E-state index contributed by atoms with van der Waals surface area (Å²) in [6.45, 7) is 1.97. The third-order valence-electron chi connectivity index (χ3n) is 3.61. The van der Waals surface area contributed by atoms with Gasteiger partial charge >= 0.3 is 5.97 Å². The molecule has 5 heteroatoms. The van der Waals surface area contributed by atoms with Gasteiger partial charge < -0.3 is 5.11 Å². The molecule has 0 unspecified atom stereocenters. The fourth-order valence-electron chi connectivity index (χ4n) is 2.42. The first-order chi connectivity index (χ1) is 10.4. The van der Waals surface area contributed by atoms with Crippen LogP contribution in [0.3, 0.4) is 0 Å². The lowest BCUT2D eigenvalue weighted by atomic mass is 9.86. The number of halogens is 3. The molecule has 0 aliphatic rings. The van der Waals surface area contributed by atoms with Crippen LogP contribution in [0.2, 0.25) is 15.1 Å². The average Bonchev–Trinajstić information content (AvgIpc) is 2.44. The van der Waals surface area contributed by atoms with Crippen LogP contribution in [-0.2, 0) is 4.79 Å². The summed E-state index contributed by atoms with van der Waals surface area (Å²) >= 11 is 17.9. The molecular weight excluding hydrogens is 343 g/mol. The van der Waals surface area contributed by atoms with Crippen molar-refractivity contribution in [3.8, 4) is 0 Å². The van der Waals surface area contributed by atoms with Gasteiger partial charge in [0.2, 0.25) is 0 Å². The summed E-state index contributed by atoms with van der Waals surface area (Å²) in [6, 6.07) is 12.2. The Hall–Kier alpha value is -1.22. The van der Waals surface area contributed by atoms with Crippen molar-refractivity contribution in [3.63, 3.8) is 0 Å². The van der Waals surface area contributed by atoms with Crippen LogP contribution in [0.5, 0.6) is 0 Å². The van der Waals surface area contributed by atoms with Crippen LogP contribution < -0.4 is 0 Å². The molecule has 0 aliphatic carbocycles. The Bertz CT molecular complexity index is 648. The summed E-state index contributed by atoms with van der Waals surface area (Å²) in [6.07, 6.45) is 0.452. The van der Waals surface area contributed by atoms with Gasteiger partial charge in [-0.2, -0.15) is 0 Å². The number of hydrogen-bond acceptors (Lipinski definition) is 1. The summed E-state index contributed by atoms with van der Waals surface area (Å²) in [5, 5.41) is 11.2. The van der Waals surface area contributed by atoms with Crippen LogP contribution in [0.4, 0.5) is 0 Å². The van der Waals surface area contributed by atoms with Crippen LogP contribution in [0.1, 0.15) is 36.3 Å². The van der Waals surface area contributed by atoms with Gasteiger partial charge in [0.1, 0.15) is 0 Å². The quantitative estimate of drug-likeness (QED) is 0.711. The molecule has 116 valence electrons. The molecule has 2 nitrogen and oxygen atoms in total. The molecule has 0 saturated heterocycles. The zero-order valence-corrected chi connectivity index (χ0v) is 14.2. The molecule has 0 spiro atoms. The van der Waals surface area contributed by atoms with Crippen LogP contribution in [0.25, 0.3) is 0 Å². The van der Waals surface area contributed by atoms with E-state index in [-0.39, 0.29) is 5.92 Å². The van der Waals surface area contributed by atoms with E-state index in [0.717, 1.165) is 11.1 Å². The molecular formula is C17H15Cl3O2. The van der Waals surface area contributed by atoms with Gasteiger partial charge in [-0.05, 0) is 53.8 Å². The molecule has 0 aromatic heterocycles. The van der Waals surface area contributed by atoms with Crippen molar-refractivity contribution >= 4 is 40.8 Å². The highest BCUT2D eigenvalue weighted by molar-refractivity contribution is 6.34. The van der Waals surface area contributed by atoms with Gasteiger partial charge in [-0.1, -0.05) is 53.9 Å². The molecule has 0 heterocycles.